The van der Waals surface area contributed by atoms with Crippen molar-refractivity contribution in [1.29, 1.82) is 0 Å². The highest BCUT2D eigenvalue weighted by Gasteiger charge is 2.41. The Labute approximate surface area is 185 Å². The summed E-state index contributed by atoms with van der Waals surface area (Å²) in [6.07, 6.45) is 0. The van der Waals surface area contributed by atoms with Gasteiger partial charge in [-0.2, -0.15) is 0 Å². The van der Waals surface area contributed by atoms with E-state index in [9.17, 15) is 19.2 Å². The second-order valence-electron chi connectivity index (χ2n) is 5.31. The van der Waals surface area contributed by atoms with E-state index in [1.54, 1.807) is 48.5 Å². The van der Waals surface area contributed by atoms with E-state index < -0.39 is 23.6 Å². The van der Waals surface area contributed by atoms with Gasteiger partial charge in [0.15, 0.2) is 0 Å². The molecule has 2 heterocycles. The maximum Gasteiger partial charge on any atom is 0.263 e. The summed E-state index contributed by atoms with van der Waals surface area (Å²) in [5, 5.41) is 0. The molecule has 0 aliphatic carbocycles. The first kappa shape index (κ1) is 27.7. The van der Waals surface area contributed by atoms with E-state index in [0.29, 0.717) is 0 Å². The van der Waals surface area contributed by atoms with Gasteiger partial charge in [-0.15, -0.1) is 0 Å². The van der Waals surface area contributed by atoms with Gasteiger partial charge < -0.3 is 0 Å². The molecule has 0 atom stereocenters. The van der Waals surface area contributed by atoms with Crippen molar-refractivity contribution in [3.8, 4) is 0 Å². The number of hydrogen-bond donors (Lipinski definition) is 0. The SMILES string of the molecule is CC.CC.CC.CC.O=C1c2ccccc2C(=O)N1CN1C(=O)c2ccccc2C1=O. The number of hydrogen-bond acceptors (Lipinski definition) is 4. The minimum Gasteiger partial charge on any atom is -0.269 e. The predicted molar refractivity (Wildman–Crippen MR) is 124 cm³/mol. The van der Waals surface area contributed by atoms with Crippen LogP contribution in [0.1, 0.15) is 96.8 Å². The maximum absolute atomic E-state index is 12.3. The van der Waals surface area contributed by atoms with Gasteiger partial charge in [-0.1, -0.05) is 79.7 Å². The number of benzene rings is 2. The highest BCUT2D eigenvalue weighted by Crippen LogP contribution is 2.26. The molecule has 2 aliphatic rings. The highest BCUT2D eigenvalue weighted by atomic mass is 16.2. The molecule has 0 N–H and O–H groups in total. The first-order chi connectivity index (χ1) is 15.1. The first-order valence-corrected chi connectivity index (χ1v) is 11.0. The fourth-order valence-electron chi connectivity index (χ4n) is 2.88. The predicted octanol–water partition coefficient (Wildman–Crippen LogP) is 5.64. The van der Waals surface area contributed by atoms with E-state index >= 15 is 0 Å². The molecule has 6 nitrogen and oxygen atoms in total. The van der Waals surface area contributed by atoms with E-state index in [1.807, 2.05) is 55.4 Å². The van der Waals surface area contributed by atoms with Crippen LogP contribution in [0.15, 0.2) is 48.5 Å². The normalized spacial score (nSPS) is 12.8. The summed E-state index contributed by atoms with van der Waals surface area (Å²) in [4.78, 5) is 51.2. The van der Waals surface area contributed by atoms with Crippen molar-refractivity contribution in [2.75, 3.05) is 6.67 Å². The fourth-order valence-corrected chi connectivity index (χ4v) is 2.88. The zero-order chi connectivity index (χ0) is 24.1. The van der Waals surface area contributed by atoms with Crippen molar-refractivity contribution in [2.45, 2.75) is 55.4 Å². The van der Waals surface area contributed by atoms with Gasteiger partial charge >= 0.3 is 0 Å². The van der Waals surface area contributed by atoms with E-state index in [4.69, 9.17) is 0 Å². The number of rotatable bonds is 2. The number of nitrogens with zero attached hydrogens (tertiary/aromatic N) is 2. The molecule has 0 radical (unpaired) electrons. The molecule has 0 fully saturated rings. The quantitative estimate of drug-likeness (QED) is 0.582. The summed E-state index contributed by atoms with van der Waals surface area (Å²) >= 11 is 0. The molecule has 2 aliphatic heterocycles. The Kier molecular flexibility index (Phi) is 12.4. The molecule has 168 valence electrons. The summed E-state index contributed by atoms with van der Waals surface area (Å²) in [5.41, 5.74) is 1.14. The third-order valence-corrected chi connectivity index (χ3v) is 4.04. The number of carbonyl (C=O) groups excluding carboxylic acids is 4. The van der Waals surface area contributed by atoms with E-state index in [0.717, 1.165) is 9.80 Å². The summed E-state index contributed by atoms with van der Waals surface area (Å²) in [6, 6.07) is 12.9. The van der Waals surface area contributed by atoms with Crippen molar-refractivity contribution >= 4 is 23.6 Å². The number of carbonyl (C=O) groups is 4. The molecule has 2 aromatic rings. The summed E-state index contributed by atoms with van der Waals surface area (Å²) in [6.45, 7) is 15.6. The monoisotopic (exact) mass is 426 g/mol. The number of amides is 4. The third kappa shape index (κ3) is 5.45. The average molecular weight is 427 g/mol. The Bertz CT molecular complexity index is 762. The van der Waals surface area contributed by atoms with Crippen molar-refractivity contribution in [1.82, 2.24) is 9.80 Å². The maximum atomic E-state index is 12.3. The van der Waals surface area contributed by atoms with Crippen molar-refractivity contribution < 1.29 is 19.2 Å². The minimum absolute atomic E-state index is 0.286. The summed E-state index contributed by atoms with van der Waals surface area (Å²) < 4.78 is 0. The van der Waals surface area contributed by atoms with Crippen molar-refractivity contribution in [3.63, 3.8) is 0 Å². The van der Waals surface area contributed by atoms with Gasteiger partial charge in [0.05, 0.1) is 22.3 Å². The minimum atomic E-state index is -0.498. The van der Waals surface area contributed by atoms with Gasteiger partial charge in [-0.25, -0.2) is 0 Å². The molecule has 2 aromatic carbocycles. The standard InChI is InChI=1S/C17H10N2O4.4C2H6/c20-14-10-5-1-2-6-11(10)15(21)18(14)9-19-16(22)12-7-3-4-8-13(12)17(19)23;4*1-2/h1-8H,9H2;4*1-2H3. The van der Waals surface area contributed by atoms with Crippen LogP contribution in [0.25, 0.3) is 0 Å². The van der Waals surface area contributed by atoms with Crippen LogP contribution in [0.2, 0.25) is 0 Å². The van der Waals surface area contributed by atoms with Gasteiger partial charge in [0, 0.05) is 0 Å². The van der Waals surface area contributed by atoms with Crippen LogP contribution >= 0.6 is 0 Å². The van der Waals surface area contributed by atoms with Crippen LogP contribution < -0.4 is 0 Å². The fraction of sp³-hybridized carbons (Fsp3) is 0.360. The van der Waals surface area contributed by atoms with Crippen molar-refractivity contribution in [2.24, 2.45) is 0 Å². The zero-order valence-corrected chi connectivity index (χ0v) is 19.9. The van der Waals surface area contributed by atoms with Crippen LogP contribution in [0, 0.1) is 0 Å². The molecular weight excluding hydrogens is 392 g/mol. The molecule has 0 saturated carbocycles. The molecule has 0 bridgehead atoms. The Balaban J connectivity index is 0.00000102. The van der Waals surface area contributed by atoms with Gasteiger partial charge in [0.2, 0.25) is 0 Å². The lowest BCUT2D eigenvalue weighted by Gasteiger charge is -2.20. The van der Waals surface area contributed by atoms with Crippen LogP contribution in [-0.4, -0.2) is 40.1 Å². The van der Waals surface area contributed by atoms with Crippen LogP contribution in [0.4, 0.5) is 0 Å². The number of imide groups is 2. The molecule has 0 aromatic heterocycles. The average Bonchev–Trinajstić information content (AvgIpc) is 3.25. The lowest BCUT2D eigenvalue weighted by molar-refractivity contribution is 0.0471. The molecule has 31 heavy (non-hydrogen) atoms. The Morgan fingerprint density at radius 1 is 0.452 bits per heavy atom. The Morgan fingerprint density at radius 2 is 0.645 bits per heavy atom. The number of fused-ring (bicyclic) bond motifs is 2. The van der Waals surface area contributed by atoms with Crippen LogP contribution in [0.3, 0.4) is 0 Å². The largest absolute Gasteiger partial charge is 0.269 e. The van der Waals surface area contributed by atoms with Gasteiger partial charge in [-0.05, 0) is 24.3 Å². The smallest absolute Gasteiger partial charge is 0.263 e. The van der Waals surface area contributed by atoms with Gasteiger partial charge in [-0.3, -0.25) is 29.0 Å². The topological polar surface area (TPSA) is 74.8 Å². The lowest BCUT2D eigenvalue weighted by Crippen LogP contribution is -2.43. The third-order valence-electron chi connectivity index (χ3n) is 4.04. The molecule has 4 amide bonds. The summed E-state index contributed by atoms with van der Waals surface area (Å²) in [7, 11) is 0. The second-order valence-corrected chi connectivity index (χ2v) is 5.31. The van der Waals surface area contributed by atoms with E-state index in [2.05, 4.69) is 0 Å². The van der Waals surface area contributed by atoms with Gasteiger partial charge in [0.25, 0.3) is 23.6 Å². The van der Waals surface area contributed by atoms with Crippen LogP contribution in [0.5, 0.6) is 0 Å². The molecule has 0 unspecified atom stereocenters. The van der Waals surface area contributed by atoms with Crippen molar-refractivity contribution in [3.05, 3.63) is 70.8 Å². The van der Waals surface area contributed by atoms with Crippen LogP contribution in [-0.2, 0) is 0 Å². The Morgan fingerprint density at radius 3 is 0.839 bits per heavy atom. The van der Waals surface area contributed by atoms with Gasteiger partial charge in [0.1, 0.15) is 6.67 Å². The summed E-state index contributed by atoms with van der Waals surface area (Å²) in [5.74, 6) is -1.99. The van der Waals surface area contributed by atoms with E-state index in [-0.39, 0.29) is 28.9 Å². The molecule has 0 saturated heterocycles. The molecule has 4 rings (SSSR count). The van der Waals surface area contributed by atoms with E-state index in [1.165, 1.54) is 0 Å². The second kappa shape index (κ2) is 13.9. The molecular formula is C25H34N2O4. The lowest BCUT2D eigenvalue weighted by atomic mass is 10.1. The molecule has 0 spiro atoms. The zero-order valence-electron chi connectivity index (χ0n) is 19.9. The first-order valence-electron chi connectivity index (χ1n) is 11.0. The highest BCUT2D eigenvalue weighted by molar-refractivity contribution is 6.24. The Hall–Kier alpha value is -3.28. The molecule has 6 heteroatoms.